The lowest BCUT2D eigenvalue weighted by Crippen LogP contribution is -2.40. The first-order valence-corrected chi connectivity index (χ1v) is 8.37. The Morgan fingerprint density at radius 2 is 2.00 bits per heavy atom. The first-order chi connectivity index (χ1) is 9.24. The molecule has 0 saturated heterocycles. The summed E-state index contributed by atoms with van der Waals surface area (Å²) in [6.07, 6.45) is -3.05. The van der Waals surface area contributed by atoms with Gasteiger partial charge in [-0.15, -0.1) is 11.3 Å². The highest BCUT2D eigenvalue weighted by Gasteiger charge is 2.45. The van der Waals surface area contributed by atoms with Crippen molar-refractivity contribution in [1.82, 2.24) is 4.31 Å². The molecule has 1 aliphatic carbocycles. The molecule has 0 aromatic carbocycles. The van der Waals surface area contributed by atoms with E-state index in [1.54, 1.807) is 6.07 Å². The van der Waals surface area contributed by atoms with E-state index in [1.807, 2.05) is 0 Å². The van der Waals surface area contributed by atoms with Gasteiger partial charge in [0.15, 0.2) is 0 Å². The van der Waals surface area contributed by atoms with Gasteiger partial charge in [0.25, 0.3) is 10.0 Å². The molecular formula is C11H15F3N2O2S2. The number of rotatable bonds is 6. The largest absolute Gasteiger partial charge is 0.402 e. The molecule has 0 radical (unpaired) electrons. The van der Waals surface area contributed by atoms with Gasteiger partial charge in [-0.3, -0.25) is 0 Å². The van der Waals surface area contributed by atoms with E-state index in [0.29, 0.717) is 30.1 Å². The van der Waals surface area contributed by atoms with Crippen LogP contribution < -0.4 is 5.73 Å². The molecule has 2 N–H and O–H groups in total. The van der Waals surface area contributed by atoms with Crippen molar-refractivity contribution in [1.29, 1.82) is 0 Å². The molecule has 1 aromatic rings. The number of nitrogens with two attached hydrogens (primary N) is 1. The number of sulfonamides is 1. The minimum Gasteiger partial charge on any atom is -0.330 e. The summed E-state index contributed by atoms with van der Waals surface area (Å²) in [5.74, 6) is 0. The van der Waals surface area contributed by atoms with Crippen molar-refractivity contribution in [3.05, 3.63) is 17.0 Å². The summed E-state index contributed by atoms with van der Waals surface area (Å²) in [5.41, 5.74) is 5.38. The molecule has 9 heteroatoms. The first kappa shape index (κ1) is 15.7. The van der Waals surface area contributed by atoms with Crippen molar-refractivity contribution in [3.8, 4) is 0 Å². The zero-order chi connectivity index (χ0) is 15.0. The van der Waals surface area contributed by atoms with Crippen LogP contribution in [0.2, 0.25) is 0 Å². The van der Waals surface area contributed by atoms with Crippen molar-refractivity contribution in [2.45, 2.75) is 35.7 Å². The quantitative estimate of drug-likeness (QED) is 0.868. The van der Waals surface area contributed by atoms with Crippen LogP contribution in [0.4, 0.5) is 13.2 Å². The van der Waals surface area contributed by atoms with Gasteiger partial charge in [0.05, 0.1) is 0 Å². The standard InChI is InChI=1S/C11H15F3N2O2S2/c12-11(13,14)7-16(8-1-2-8)20(17,18)10-4-3-9(19-10)5-6-15/h3-4,8H,1-2,5-7,15H2. The highest BCUT2D eigenvalue weighted by molar-refractivity contribution is 7.91. The molecule has 1 saturated carbocycles. The molecule has 114 valence electrons. The van der Waals surface area contributed by atoms with E-state index < -0.39 is 28.8 Å². The van der Waals surface area contributed by atoms with Crippen LogP contribution in [0.3, 0.4) is 0 Å². The number of nitrogens with zero attached hydrogens (tertiary/aromatic N) is 1. The molecule has 0 bridgehead atoms. The van der Waals surface area contributed by atoms with E-state index >= 15 is 0 Å². The van der Waals surface area contributed by atoms with E-state index in [2.05, 4.69) is 0 Å². The van der Waals surface area contributed by atoms with Gasteiger partial charge in [0.1, 0.15) is 10.8 Å². The fourth-order valence-corrected chi connectivity index (χ4v) is 5.01. The van der Waals surface area contributed by atoms with Crippen LogP contribution in [-0.4, -0.2) is 38.0 Å². The highest BCUT2D eigenvalue weighted by atomic mass is 32.2. The van der Waals surface area contributed by atoms with Crippen molar-refractivity contribution < 1.29 is 21.6 Å². The molecule has 0 spiro atoms. The van der Waals surface area contributed by atoms with Crippen molar-refractivity contribution >= 4 is 21.4 Å². The van der Waals surface area contributed by atoms with E-state index in [-0.39, 0.29) is 4.21 Å². The molecule has 0 unspecified atom stereocenters. The Labute approximate surface area is 119 Å². The van der Waals surface area contributed by atoms with Crippen LogP contribution >= 0.6 is 11.3 Å². The molecule has 0 atom stereocenters. The first-order valence-electron chi connectivity index (χ1n) is 6.11. The van der Waals surface area contributed by atoms with Crippen LogP contribution in [-0.2, 0) is 16.4 Å². The van der Waals surface area contributed by atoms with Gasteiger partial charge in [0.2, 0.25) is 0 Å². The minimum atomic E-state index is -4.53. The maximum Gasteiger partial charge on any atom is 0.402 e. The SMILES string of the molecule is NCCc1ccc(S(=O)(=O)N(CC(F)(F)F)C2CC2)s1. The highest BCUT2D eigenvalue weighted by Crippen LogP contribution is 2.36. The molecule has 1 heterocycles. The fraction of sp³-hybridized carbons (Fsp3) is 0.636. The summed E-state index contributed by atoms with van der Waals surface area (Å²) < 4.78 is 62.8. The van der Waals surface area contributed by atoms with Gasteiger partial charge in [-0.1, -0.05) is 0 Å². The van der Waals surface area contributed by atoms with Crippen molar-refractivity contribution in [2.24, 2.45) is 5.73 Å². The predicted molar refractivity (Wildman–Crippen MR) is 70.0 cm³/mol. The zero-order valence-electron chi connectivity index (χ0n) is 10.6. The average molecular weight is 328 g/mol. The van der Waals surface area contributed by atoms with Gasteiger partial charge in [0, 0.05) is 10.9 Å². The Balaban J connectivity index is 2.25. The number of hydrogen-bond acceptors (Lipinski definition) is 4. The fourth-order valence-electron chi connectivity index (χ4n) is 1.84. The third-order valence-corrected chi connectivity index (χ3v) is 6.39. The average Bonchev–Trinajstić information content (AvgIpc) is 3.04. The van der Waals surface area contributed by atoms with Crippen LogP contribution in [0.1, 0.15) is 17.7 Å². The molecule has 0 aliphatic heterocycles. The van der Waals surface area contributed by atoms with Crippen LogP contribution in [0.25, 0.3) is 0 Å². The molecule has 2 rings (SSSR count). The number of alkyl halides is 3. The Hall–Kier alpha value is -0.640. The number of hydrogen-bond donors (Lipinski definition) is 1. The molecule has 4 nitrogen and oxygen atoms in total. The van der Waals surface area contributed by atoms with Crippen molar-refractivity contribution in [2.75, 3.05) is 13.1 Å². The lowest BCUT2D eigenvalue weighted by atomic mass is 10.3. The second kappa shape index (κ2) is 5.63. The summed E-state index contributed by atoms with van der Waals surface area (Å²) in [5, 5.41) is 0. The third-order valence-electron chi connectivity index (χ3n) is 2.88. The van der Waals surface area contributed by atoms with Crippen molar-refractivity contribution in [3.63, 3.8) is 0 Å². The summed E-state index contributed by atoms with van der Waals surface area (Å²) in [7, 11) is -4.08. The third kappa shape index (κ3) is 3.72. The Morgan fingerprint density at radius 1 is 1.35 bits per heavy atom. The molecule has 20 heavy (non-hydrogen) atoms. The predicted octanol–water partition coefficient (Wildman–Crippen LogP) is 1.96. The zero-order valence-corrected chi connectivity index (χ0v) is 12.2. The molecule has 0 amide bonds. The summed E-state index contributed by atoms with van der Waals surface area (Å²) in [6, 6.07) is 2.43. The topological polar surface area (TPSA) is 63.4 Å². The molecule has 1 fully saturated rings. The number of thiophene rings is 1. The van der Waals surface area contributed by atoms with Gasteiger partial charge >= 0.3 is 6.18 Å². The van der Waals surface area contributed by atoms with Gasteiger partial charge in [-0.2, -0.15) is 17.5 Å². The Bertz CT molecular complexity index is 564. The Kier molecular flexibility index (Phi) is 4.43. The second-order valence-electron chi connectivity index (χ2n) is 4.66. The normalized spacial score (nSPS) is 16.9. The summed E-state index contributed by atoms with van der Waals surface area (Å²) >= 11 is 0.987. The lowest BCUT2D eigenvalue weighted by molar-refractivity contribution is -0.136. The van der Waals surface area contributed by atoms with E-state index in [1.165, 1.54) is 6.07 Å². The second-order valence-corrected chi connectivity index (χ2v) is 7.94. The summed E-state index contributed by atoms with van der Waals surface area (Å²) in [6.45, 7) is -1.06. The van der Waals surface area contributed by atoms with Crippen LogP contribution in [0, 0.1) is 0 Å². The van der Waals surface area contributed by atoms with Gasteiger partial charge in [-0.25, -0.2) is 8.42 Å². The number of halogens is 3. The van der Waals surface area contributed by atoms with E-state index in [0.717, 1.165) is 16.2 Å². The molecule has 1 aliphatic rings. The maximum atomic E-state index is 12.5. The monoisotopic (exact) mass is 328 g/mol. The van der Waals surface area contributed by atoms with Crippen LogP contribution in [0.15, 0.2) is 16.3 Å². The van der Waals surface area contributed by atoms with Crippen LogP contribution in [0.5, 0.6) is 0 Å². The Morgan fingerprint density at radius 3 is 2.50 bits per heavy atom. The molecule has 1 aromatic heterocycles. The summed E-state index contributed by atoms with van der Waals surface area (Å²) in [4.78, 5) is 0.758. The lowest BCUT2D eigenvalue weighted by Gasteiger charge is -2.22. The van der Waals surface area contributed by atoms with Gasteiger partial charge < -0.3 is 5.73 Å². The molecular weight excluding hydrogens is 313 g/mol. The smallest absolute Gasteiger partial charge is 0.330 e. The maximum absolute atomic E-state index is 12.5. The van der Waals surface area contributed by atoms with E-state index in [9.17, 15) is 21.6 Å². The minimum absolute atomic E-state index is 0.0444. The van der Waals surface area contributed by atoms with E-state index in [4.69, 9.17) is 5.73 Å². The van der Waals surface area contributed by atoms with Gasteiger partial charge in [-0.05, 0) is 37.9 Å².